The van der Waals surface area contributed by atoms with E-state index in [0.29, 0.717) is 27.0 Å². The second-order valence-corrected chi connectivity index (χ2v) is 8.55. The van der Waals surface area contributed by atoms with Crippen LogP contribution < -0.4 is 20.3 Å². The minimum Gasteiger partial charge on any atom is -0.497 e. The molecule has 8 nitrogen and oxygen atoms in total. The maximum absolute atomic E-state index is 12.6. The Kier molecular flexibility index (Phi) is 6.84. The molecule has 0 bridgehead atoms. The van der Waals surface area contributed by atoms with Gasteiger partial charge < -0.3 is 15.0 Å². The maximum Gasteiger partial charge on any atom is 0.257 e. The van der Waals surface area contributed by atoms with Crippen molar-refractivity contribution in [2.75, 3.05) is 36.7 Å². The van der Waals surface area contributed by atoms with Gasteiger partial charge in [-0.15, -0.1) is 10.2 Å². The Morgan fingerprint density at radius 1 is 0.794 bits per heavy atom. The molecule has 34 heavy (non-hydrogen) atoms. The average molecular weight is 474 g/mol. The van der Waals surface area contributed by atoms with Crippen LogP contribution >= 0.6 is 11.3 Å². The number of nitrogens with zero attached hydrogens (tertiary/aromatic N) is 3. The van der Waals surface area contributed by atoms with Crippen molar-refractivity contribution in [3.63, 3.8) is 0 Å². The van der Waals surface area contributed by atoms with Gasteiger partial charge in [0, 0.05) is 42.2 Å². The fourth-order valence-corrected chi connectivity index (χ4v) is 3.86. The Morgan fingerprint density at radius 3 is 1.97 bits per heavy atom. The Bertz CT molecular complexity index is 1280. The standard InChI is InChI=1S/C25H23N5O3S/c1-30(2)20-12-6-17(7-13-20)22(31)26-19-10-4-16(5-11-19)23(32)27-25-29-28-24(34-25)18-8-14-21(33-3)15-9-18/h4-15H,1-3H3,(H,26,31)(H,27,29,32). The lowest BCUT2D eigenvalue weighted by atomic mass is 10.1. The molecule has 9 heteroatoms. The molecule has 0 spiro atoms. The first kappa shape index (κ1) is 22.9. The fourth-order valence-electron chi connectivity index (χ4n) is 3.11. The summed E-state index contributed by atoms with van der Waals surface area (Å²) in [5.41, 5.74) is 3.48. The van der Waals surface area contributed by atoms with Gasteiger partial charge in [-0.25, -0.2) is 0 Å². The highest BCUT2D eigenvalue weighted by molar-refractivity contribution is 7.18. The van der Waals surface area contributed by atoms with Crippen LogP contribution in [0.3, 0.4) is 0 Å². The van der Waals surface area contributed by atoms with Crippen molar-refractivity contribution in [2.24, 2.45) is 0 Å². The third-order valence-electron chi connectivity index (χ3n) is 5.03. The lowest BCUT2D eigenvalue weighted by Gasteiger charge is -2.12. The number of benzene rings is 3. The molecule has 0 atom stereocenters. The number of hydrogen-bond donors (Lipinski definition) is 2. The van der Waals surface area contributed by atoms with Crippen LogP contribution in [0.15, 0.2) is 72.8 Å². The minimum atomic E-state index is -0.311. The van der Waals surface area contributed by atoms with E-state index in [1.54, 1.807) is 43.5 Å². The van der Waals surface area contributed by atoms with Gasteiger partial charge in [0.05, 0.1) is 7.11 Å². The molecule has 172 valence electrons. The van der Waals surface area contributed by atoms with Crippen LogP contribution in [0.4, 0.5) is 16.5 Å². The van der Waals surface area contributed by atoms with E-state index in [4.69, 9.17) is 4.74 Å². The molecule has 0 saturated heterocycles. The summed E-state index contributed by atoms with van der Waals surface area (Å²) in [6.07, 6.45) is 0. The molecular weight excluding hydrogens is 450 g/mol. The molecule has 2 amide bonds. The van der Waals surface area contributed by atoms with E-state index in [1.165, 1.54) is 11.3 Å². The van der Waals surface area contributed by atoms with Crippen LogP contribution in [-0.2, 0) is 0 Å². The highest BCUT2D eigenvalue weighted by Gasteiger charge is 2.12. The van der Waals surface area contributed by atoms with Gasteiger partial charge in [-0.3, -0.25) is 14.9 Å². The monoisotopic (exact) mass is 473 g/mol. The Morgan fingerprint density at radius 2 is 1.38 bits per heavy atom. The molecule has 0 fully saturated rings. The van der Waals surface area contributed by atoms with Crippen molar-refractivity contribution >= 4 is 39.7 Å². The molecular formula is C25H23N5O3S. The van der Waals surface area contributed by atoms with E-state index in [1.807, 2.05) is 55.4 Å². The van der Waals surface area contributed by atoms with E-state index in [9.17, 15) is 9.59 Å². The first-order chi connectivity index (χ1) is 16.4. The number of amides is 2. The van der Waals surface area contributed by atoms with E-state index >= 15 is 0 Å². The molecule has 2 N–H and O–H groups in total. The average Bonchev–Trinajstić information content (AvgIpc) is 3.33. The summed E-state index contributed by atoms with van der Waals surface area (Å²) >= 11 is 1.28. The molecule has 0 aliphatic rings. The van der Waals surface area contributed by atoms with Crippen molar-refractivity contribution in [3.8, 4) is 16.3 Å². The number of aromatic nitrogens is 2. The highest BCUT2D eigenvalue weighted by Crippen LogP contribution is 2.28. The number of ether oxygens (including phenoxy) is 1. The summed E-state index contributed by atoms with van der Waals surface area (Å²) in [6, 6.07) is 21.4. The van der Waals surface area contributed by atoms with Crippen LogP contribution in [0.25, 0.3) is 10.6 Å². The van der Waals surface area contributed by atoms with E-state index in [2.05, 4.69) is 20.8 Å². The van der Waals surface area contributed by atoms with Crippen molar-refractivity contribution in [2.45, 2.75) is 0 Å². The summed E-state index contributed by atoms with van der Waals surface area (Å²) in [5, 5.41) is 14.9. The smallest absolute Gasteiger partial charge is 0.257 e. The van der Waals surface area contributed by atoms with Crippen molar-refractivity contribution in [1.29, 1.82) is 0 Å². The Labute approximate surface area is 201 Å². The highest BCUT2D eigenvalue weighted by atomic mass is 32.1. The molecule has 0 aliphatic carbocycles. The molecule has 1 heterocycles. The molecule has 0 radical (unpaired) electrons. The molecule has 0 aliphatic heterocycles. The van der Waals surface area contributed by atoms with Gasteiger partial charge in [-0.1, -0.05) is 11.3 Å². The quantitative estimate of drug-likeness (QED) is 0.401. The van der Waals surface area contributed by atoms with Crippen molar-refractivity contribution < 1.29 is 14.3 Å². The van der Waals surface area contributed by atoms with Crippen LogP contribution in [0, 0.1) is 0 Å². The zero-order valence-corrected chi connectivity index (χ0v) is 19.7. The summed E-state index contributed by atoms with van der Waals surface area (Å²) in [6.45, 7) is 0. The second kappa shape index (κ2) is 10.1. The summed E-state index contributed by atoms with van der Waals surface area (Å²) < 4.78 is 5.16. The number of hydrogen-bond acceptors (Lipinski definition) is 7. The predicted molar refractivity (Wildman–Crippen MR) is 135 cm³/mol. The van der Waals surface area contributed by atoms with E-state index in [0.717, 1.165) is 17.0 Å². The summed E-state index contributed by atoms with van der Waals surface area (Å²) in [7, 11) is 5.49. The lowest BCUT2D eigenvalue weighted by molar-refractivity contribution is 0.102. The first-order valence-corrected chi connectivity index (χ1v) is 11.2. The van der Waals surface area contributed by atoms with Crippen LogP contribution in [-0.4, -0.2) is 43.2 Å². The fraction of sp³-hybridized carbons (Fsp3) is 0.120. The van der Waals surface area contributed by atoms with Gasteiger partial charge in [0.25, 0.3) is 11.8 Å². The molecule has 4 rings (SSSR count). The van der Waals surface area contributed by atoms with Crippen molar-refractivity contribution in [1.82, 2.24) is 10.2 Å². The largest absolute Gasteiger partial charge is 0.497 e. The topological polar surface area (TPSA) is 96.5 Å². The number of rotatable bonds is 7. The van der Waals surface area contributed by atoms with E-state index < -0.39 is 0 Å². The van der Waals surface area contributed by atoms with Gasteiger partial charge in [0.15, 0.2) is 0 Å². The van der Waals surface area contributed by atoms with Crippen LogP contribution in [0.5, 0.6) is 5.75 Å². The Hall–Kier alpha value is -4.24. The first-order valence-electron chi connectivity index (χ1n) is 10.4. The number of anilines is 3. The van der Waals surface area contributed by atoms with E-state index in [-0.39, 0.29) is 11.8 Å². The summed E-state index contributed by atoms with van der Waals surface area (Å²) in [5.74, 6) is 0.223. The number of carbonyl (C=O) groups excluding carboxylic acids is 2. The minimum absolute atomic E-state index is 0.220. The van der Waals surface area contributed by atoms with Gasteiger partial charge in [0.1, 0.15) is 10.8 Å². The number of methoxy groups -OCH3 is 1. The molecule has 3 aromatic carbocycles. The predicted octanol–water partition coefficient (Wildman–Crippen LogP) is 4.78. The molecule has 4 aromatic rings. The van der Waals surface area contributed by atoms with Crippen LogP contribution in [0.1, 0.15) is 20.7 Å². The molecule has 0 unspecified atom stereocenters. The normalized spacial score (nSPS) is 10.4. The Balaban J connectivity index is 1.36. The SMILES string of the molecule is COc1ccc(-c2nnc(NC(=O)c3ccc(NC(=O)c4ccc(N(C)C)cc4)cc3)s2)cc1. The molecule has 0 saturated carbocycles. The summed E-state index contributed by atoms with van der Waals surface area (Å²) in [4.78, 5) is 27.1. The molecule has 1 aromatic heterocycles. The number of nitrogens with one attached hydrogen (secondary N) is 2. The van der Waals surface area contributed by atoms with Gasteiger partial charge >= 0.3 is 0 Å². The third-order valence-corrected chi connectivity index (χ3v) is 5.92. The second-order valence-electron chi connectivity index (χ2n) is 7.57. The number of carbonyl (C=O) groups is 2. The zero-order chi connectivity index (χ0) is 24.1. The maximum atomic E-state index is 12.6. The van der Waals surface area contributed by atoms with Crippen molar-refractivity contribution in [3.05, 3.63) is 83.9 Å². The van der Waals surface area contributed by atoms with Crippen LogP contribution in [0.2, 0.25) is 0 Å². The van der Waals surface area contributed by atoms with Gasteiger partial charge in [-0.2, -0.15) is 0 Å². The lowest BCUT2D eigenvalue weighted by Crippen LogP contribution is -2.14. The third kappa shape index (κ3) is 5.38. The van der Waals surface area contributed by atoms with Gasteiger partial charge in [-0.05, 0) is 72.8 Å². The van der Waals surface area contributed by atoms with Gasteiger partial charge in [0.2, 0.25) is 5.13 Å². The zero-order valence-electron chi connectivity index (χ0n) is 18.9.